The first kappa shape index (κ1) is 13.6. The lowest BCUT2D eigenvalue weighted by Gasteiger charge is -2.37. The minimum absolute atomic E-state index is 0.414. The molecular weight excluding hydrogens is 220 g/mol. The molecular formula is C16H32Si. The second-order valence-corrected chi connectivity index (χ2v) is 10.4. The molecule has 0 N–H and O–H groups in total. The van der Waals surface area contributed by atoms with Crippen LogP contribution < -0.4 is 0 Å². The van der Waals surface area contributed by atoms with Gasteiger partial charge in [-0.1, -0.05) is 90.0 Å². The standard InChI is InChI=1S/C16H32Si/c1-2-3-14-17(15-10-6-4-7-11-15)16-12-8-5-9-13-16/h15-17H,2-14H2,1H3. The van der Waals surface area contributed by atoms with Crippen LogP contribution in [0.5, 0.6) is 0 Å². The van der Waals surface area contributed by atoms with Crippen molar-refractivity contribution in [3.05, 3.63) is 0 Å². The van der Waals surface area contributed by atoms with Crippen molar-refractivity contribution in [1.29, 1.82) is 0 Å². The van der Waals surface area contributed by atoms with Gasteiger partial charge in [0.1, 0.15) is 0 Å². The quantitative estimate of drug-likeness (QED) is 0.552. The lowest BCUT2D eigenvalue weighted by atomic mass is 9.99. The molecule has 2 aliphatic rings. The smallest absolute Gasteiger partial charge is 0.0430 e. The van der Waals surface area contributed by atoms with Gasteiger partial charge in [0, 0.05) is 8.80 Å². The lowest BCUT2D eigenvalue weighted by Crippen LogP contribution is -2.29. The second kappa shape index (κ2) is 7.61. The first-order valence-corrected chi connectivity index (χ1v) is 10.6. The van der Waals surface area contributed by atoms with Crippen molar-refractivity contribution in [2.24, 2.45) is 0 Å². The monoisotopic (exact) mass is 252 g/mol. The summed E-state index contributed by atoms with van der Waals surface area (Å²) in [7, 11) is -0.414. The molecule has 17 heavy (non-hydrogen) atoms. The SMILES string of the molecule is CCCC[SiH](C1CCCCC1)C1CCCCC1. The Morgan fingerprint density at radius 3 is 1.65 bits per heavy atom. The molecule has 0 amide bonds. The Morgan fingerprint density at radius 2 is 1.24 bits per heavy atom. The van der Waals surface area contributed by atoms with Gasteiger partial charge in [-0.05, 0) is 11.1 Å². The molecule has 2 aliphatic carbocycles. The van der Waals surface area contributed by atoms with Gasteiger partial charge in [-0.3, -0.25) is 0 Å². The molecule has 100 valence electrons. The third-order valence-electron chi connectivity index (χ3n) is 5.40. The summed E-state index contributed by atoms with van der Waals surface area (Å²) in [5, 5.41) is 0. The summed E-state index contributed by atoms with van der Waals surface area (Å²) in [6.45, 7) is 2.38. The third-order valence-corrected chi connectivity index (χ3v) is 10.2. The fourth-order valence-corrected chi connectivity index (χ4v) is 9.67. The van der Waals surface area contributed by atoms with Gasteiger partial charge in [0.25, 0.3) is 0 Å². The molecule has 0 nitrogen and oxygen atoms in total. The Morgan fingerprint density at radius 1 is 0.765 bits per heavy atom. The van der Waals surface area contributed by atoms with Crippen molar-refractivity contribution in [2.75, 3.05) is 0 Å². The van der Waals surface area contributed by atoms with Crippen molar-refractivity contribution < 1.29 is 0 Å². The fourth-order valence-electron chi connectivity index (χ4n) is 4.42. The van der Waals surface area contributed by atoms with Crippen molar-refractivity contribution in [2.45, 2.75) is 101 Å². The van der Waals surface area contributed by atoms with Gasteiger partial charge in [0.2, 0.25) is 0 Å². The summed E-state index contributed by atoms with van der Waals surface area (Å²) in [5.41, 5.74) is 2.50. The Kier molecular flexibility index (Phi) is 6.11. The summed E-state index contributed by atoms with van der Waals surface area (Å²) in [5.74, 6) is 0. The molecule has 0 spiro atoms. The van der Waals surface area contributed by atoms with Crippen molar-refractivity contribution in [3.8, 4) is 0 Å². The molecule has 0 unspecified atom stereocenters. The van der Waals surface area contributed by atoms with Crippen LogP contribution in [0.3, 0.4) is 0 Å². The third kappa shape index (κ3) is 4.12. The average molecular weight is 253 g/mol. The zero-order chi connectivity index (χ0) is 11.9. The highest BCUT2D eigenvalue weighted by molar-refractivity contribution is 6.62. The summed E-state index contributed by atoms with van der Waals surface area (Å²) < 4.78 is 0. The van der Waals surface area contributed by atoms with E-state index in [0.717, 1.165) is 0 Å². The van der Waals surface area contributed by atoms with Crippen LogP contribution in [0.1, 0.15) is 84.0 Å². The zero-order valence-corrected chi connectivity index (χ0v) is 13.1. The van der Waals surface area contributed by atoms with E-state index >= 15 is 0 Å². The molecule has 1 heteroatoms. The number of unbranched alkanes of at least 4 members (excludes halogenated alkanes) is 1. The molecule has 2 rings (SSSR count). The fraction of sp³-hybridized carbons (Fsp3) is 1.00. The van der Waals surface area contributed by atoms with Gasteiger partial charge in [-0.15, -0.1) is 0 Å². The first-order chi connectivity index (χ1) is 8.42. The maximum atomic E-state index is 2.38. The largest absolute Gasteiger partial charge is 0.0654 e. The highest BCUT2D eigenvalue weighted by Gasteiger charge is 2.31. The van der Waals surface area contributed by atoms with Crippen molar-refractivity contribution in [3.63, 3.8) is 0 Å². The normalized spacial score (nSPS) is 24.4. The van der Waals surface area contributed by atoms with Gasteiger partial charge in [0.05, 0.1) is 0 Å². The summed E-state index contributed by atoms with van der Waals surface area (Å²) in [6, 6.07) is 1.69. The maximum Gasteiger partial charge on any atom is 0.0430 e. The number of hydrogen-bond donors (Lipinski definition) is 0. The number of hydrogen-bond acceptors (Lipinski definition) is 0. The molecule has 2 fully saturated rings. The summed E-state index contributed by atoms with van der Waals surface area (Å²) in [6.07, 6.45) is 18.8. The molecule has 0 saturated heterocycles. The predicted molar refractivity (Wildman–Crippen MR) is 80.5 cm³/mol. The van der Waals surface area contributed by atoms with Gasteiger partial charge >= 0.3 is 0 Å². The topological polar surface area (TPSA) is 0 Å². The molecule has 0 aromatic carbocycles. The van der Waals surface area contributed by atoms with Crippen LogP contribution in [0.15, 0.2) is 0 Å². The Labute approximate surface area is 110 Å². The molecule has 0 aliphatic heterocycles. The van der Waals surface area contributed by atoms with E-state index in [2.05, 4.69) is 6.92 Å². The molecule has 0 bridgehead atoms. The Bertz CT molecular complexity index is 172. The van der Waals surface area contributed by atoms with E-state index in [1.165, 1.54) is 30.3 Å². The van der Waals surface area contributed by atoms with Crippen LogP contribution in [-0.4, -0.2) is 8.80 Å². The van der Waals surface area contributed by atoms with Crippen LogP contribution in [0, 0.1) is 0 Å². The van der Waals surface area contributed by atoms with E-state index in [0.29, 0.717) is 0 Å². The molecule has 0 aromatic rings. The molecule has 0 heterocycles. The van der Waals surface area contributed by atoms with Crippen LogP contribution in [0.4, 0.5) is 0 Å². The molecule has 0 aromatic heterocycles. The van der Waals surface area contributed by atoms with E-state index in [-0.39, 0.29) is 0 Å². The van der Waals surface area contributed by atoms with Gasteiger partial charge in [-0.2, -0.15) is 0 Å². The highest BCUT2D eigenvalue weighted by Crippen LogP contribution is 2.43. The van der Waals surface area contributed by atoms with E-state index < -0.39 is 8.80 Å². The van der Waals surface area contributed by atoms with E-state index in [4.69, 9.17) is 0 Å². The first-order valence-electron chi connectivity index (χ1n) is 8.42. The highest BCUT2D eigenvalue weighted by atomic mass is 28.3. The van der Waals surface area contributed by atoms with Crippen LogP contribution in [0.25, 0.3) is 0 Å². The zero-order valence-electron chi connectivity index (χ0n) is 11.9. The molecule has 2 saturated carbocycles. The summed E-state index contributed by atoms with van der Waals surface area (Å²) >= 11 is 0. The predicted octanol–water partition coefficient (Wildman–Crippen LogP) is 5.68. The number of rotatable bonds is 5. The maximum absolute atomic E-state index is 2.38. The minimum Gasteiger partial charge on any atom is -0.0654 e. The second-order valence-electron chi connectivity index (χ2n) is 6.60. The molecule has 0 radical (unpaired) electrons. The van der Waals surface area contributed by atoms with Crippen molar-refractivity contribution >= 4 is 8.80 Å². The van der Waals surface area contributed by atoms with Crippen molar-refractivity contribution in [1.82, 2.24) is 0 Å². The lowest BCUT2D eigenvalue weighted by molar-refractivity contribution is 0.459. The van der Waals surface area contributed by atoms with E-state index in [9.17, 15) is 0 Å². The Balaban J connectivity index is 1.90. The van der Waals surface area contributed by atoms with E-state index in [1.807, 2.05) is 0 Å². The van der Waals surface area contributed by atoms with Crippen LogP contribution >= 0.6 is 0 Å². The van der Waals surface area contributed by atoms with Crippen LogP contribution in [-0.2, 0) is 0 Å². The van der Waals surface area contributed by atoms with Gasteiger partial charge in [-0.25, -0.2) is 0 Å². The minimum atomic E-state index is -0.414. The van der Waals surface area contributed by atoms with E-state index in [1.54, 1.807) is 63.8 Å². The Hall–Kier alpha value is 0.217. The molecule has 0 atom stereocenters. The van der Waals surface area contributed by atoms with Crippen LogP contribution in [0.2, 0.25) is 17.1 Å². The average Bonchev–Trinajstić information content (AvgIpc) is 2.42. The summed E-state index contributed by atoms with van der Waals surface area (Å²) in [4.78, 5) is 0. The van der Waals surface area contributed by atoms with Gasteiger partial charge in [0.15, 0.2) is 0 Å². The van der Waals surface area contributed by atoms with Gasteiger partial charge < -0.3 is 0 Å².